The van der Waals surface area contributed by atoms with Gasteiger partial charge in [0.2, 0.25) is 6.10 Å². The van der Waals surface area contributed by atoms with Crippen LogP contribution in [0, 0.1) is 0 Å². The van der Waals surface area contributed by atoms with Gasteiger partial charge >= 0.3 is 12.1 Å². The highest BCUT2D eigenvalue weighted by molar-refractivity contribution is 5.78. The summed E-state index contributed by atoms with van der Waals surface area (Å²) in [4.78, 5) is 35.3. The van der Waals surface area contributed by atoms with E-state index in [0.29, 0.717) is 30.8 Å². The molecule has 1 unspecified atom stereocenters. The molecule has 0 fully saturated rings. The van der Waals surface area contributed by atoms with Gasteiger partial charge in [-0.2, -0.15) is 0 Å². The first kappa shape index (κ1) is 28.0. The minimum atomic E-state index is -1.27. The van der Waals surface area contributed by atoms with E-state index in [0.717, 1.165) is 23.0 Å². The van der Waals surface area contributed by atoms with Crippen molar-refractivity contribution >= 4 is 18.4 Å². The number of benzene rings is 3. The summed E-state index contributed by atoms with van der Waals surface area (Å²) in [6, 6.07) is 22.0. The minimum Gasteiger partial charge on any atom is -0.507 e. The molecule has 0 amide bonds. The van der Waals surface area contributed by atoms with Gasteiger partial charge in [0.05, 0.1) is 6.61 Å². The predicted molar refractivity (Wildman–Crippen MR) is 141 cm³/mol. The second-order valence-corrected chi connectivity index (χ2v) is 8.28. The first-order valence-electron chi connectivity index (χ1n) is 12.1. The number of unbranched alkanes of at least 4 members (excludes halogenated alkanes) is 1. The fraction of sp³-hybridized carbons (Fsp3) is 0.233. The lowest BCUT2D eigenvalue weighted by molar-refractivity contribution is -0.156. The zero-order valence-corrected chi connectivity index (χ0v) is 20.9. The van der Waals surface area contributed by atoms with Gasteiger partial charge in [-0.15, -0.1) is 0 Å². The van der Waals surface area contributed by atoms with Crippen LogP contribution in [0.5, 0.6) is 11.5 Å². The fourth-order valence-electron chi connectivity index (χ4n) is 3.48. The third kappa shape index (κ3) is 8.81. The predicted octanol–water partition coefficient (Wildman–Crippen LogP) is 5.41. The van der Waals surface area contributed by atoms with Gasteiger partial charge in [-0.05, 0) is 35.2 Å². The molecule has 1 atom stereocenters. The first-order chi connectivity index (χ1) is 18.5. The van der Waals surface area contributed by atoms with Crippen LogP contribution in [0.4, 0.5) is 4.79 Å². The molecule has 0 spiro atoms. The van der Waals surface area contributed by atoms with Gasteiger partial charge in [0, 0.05) is 24.5 Å². The zero-order chi connectivity index (χ0) is 27.2. The van der Waals surface area contributed by atoms with Gasteiger partial charge < -0.3 is 28.8 Å². The molecule has 0 aromatic heterocycles. The summed E-state index contributed by atoms with van der Waals surface area (Å²) >= 11 is 0. The Balaban J connectivity index is 1.64. The van der Waals surface area contributed by atoms with Crippen LogP contribution in [0.3, 0.4) is 0 Å². The molecule has 0 heterocycles. The van der Waals surface area contributed by atoms with Crippen LogP contribution in [-0.2, 0) is 36.8 Å². The molecule has 0 bridgehead atoms. The summed E-state index contributed by atoms with van der Waals surface area (Å²) < 4.78 is 21.0. The van der Waals surface area contributed by atoms with Crippen molar-refractivity contribution in [3.05, 3.63) is 96.6 Å². The summed E-state index contributed by atoms with van der Waals surface area (Å²) in [5, 5.41) is 10.3. The van der Waals surface area contributed by atoms with Gasteiger partial charge in [-0.1, -0.05) is 67.3 Å². The van der Waals surface area contributed by atoms with E-state index in [4.69, 9.17) is 18.9 Å². The molecule has 8 heteroatoms. The van der Waals surface area contributed by atoms with Gasteiger partial charge in [0.15, 0.2) is 0 Å². The Kier molecular flexibility index (Phi) is 10.9. The van der Waals surface area contributed by atoms with Gasteiger partial charge in [-0.25, -0.2) is 9.59 Å². The Morgan fingerprint density at radius 2 is 1.68 bits per heavy atom. The molecule has 0 saturated carbocycles. The van der Waals surface area contributed by atoms with Crippen molar-refractivity contribution in [3.63, 3.8) is 0 Å². The number of hydrogen-bond donors (Lipinski definition) is 1. The number of aldehydes is 1. The molecule has 38 heavy (non-hydrogen) atoms. The van der Waals surface area contributed by atoms with E-state index in [1.54, 1.807) is 12.1 Å². The molecule has 8 nitrogen and oxygen atoms in total. The molecular formula is C30H30O8. The average Bonchev–Trinajstić information content (AvgIpc) is 2.94. The Morgan fingerprint density at radius 1 is 0.947 bits per heavy atom. The fourth-order valence-corrected chi connectivity index (χ4v) is 3.48. The van der Waals surface area contributed by atoms with Gasteiger partial charge in [0.1, 0.15) is 31.0 Å². The highest BCUT2D eigenvalue weighted by Gasteiger charge is 2.26. The Labute approximate surface area is 221 Å². The molecule has 0 saturated heterocycles. The van der Waals surface area contributed by atoms with Crippen molar-refractivity contribution in [3.8, 4) is 22.6 Å². The van der Waals surface area contributed by atoms with Crippen molar-refractivity contribution in [2.24, 2.45) is 0 Å². The van der Waals surface area contributed by atoms with Crippen molar-refractivity contribution in [2.75, 3.05) is 13.2 Å². The van der Waals surface area contributed by atoms with Crippen LogP contribution in [0.15, 0.2) is 85.5 Å². The molecular weight excluding hydrogens is 488 g/mol. The van der Waals surface area contributed by atoms with Crippen molar-refractivity contribution in [1.82, 2.24) is 0 Å². The molecule has 0 aliphatic rings. The smallest absolute Gasteiger partial charge is 0.507 e. The SMILES string of the molecule is C=CCOC(=O)OC(Cc1ccc(-c2ccccc2)cc1)C(=O)OCc1ccc(OCCCC=O)cc1O. The largest absolute Gasteiger partial charge is 0.509 e. The number of ether oxygens (including phenoxy) is 4. The Bertz CT molecular complexity index is 1200. The van der Waals surface area contributed by atoms with Crippen molar-refractivity contribution in [1.29, 1.82) is 0 Å². The maximum atomic E-state index is 12.9. The van der Waals surface area contributed by atoms with Crippen LogP contribution >= 0.6 is 0 Å². The normalized spacial score (nSPS) is 11.2. The summed E-state index contributed by atoms with van der Waals surface area (Å²) in [6.07, 6.45) is 0.931. The molecule has 198 valence electrons. The first-order valence-corrected chi connectivity index (χ1v) is 12.1. The summed E-state index contributed by atoms with van der Waals surface area (Å²) in [6.45, 7) is 3.50. The Hall–Kier alpha value is -4.59. The quantitative estimate of drug-likeness (QED) is 0.131. The van der Waals surface area contributed by atoms with Crippen LogP contribution in [-0.4, -0.2) is 42.8 Å². The van der Waals surface area contributed by atoms with Crippen molar-refractivity contribution < 1.29 is 38.4 Å². The van der Waals surface area contributed by atoms with E-state index >= 15 is 0 Å². The number of esters is 1. The molecule has 3 aromatic rings. The number of phenolic OH excluding ortho intramolecular Hbond substituents is 1. The van der Waals surface area contributed by atoms with Crippen molar-refractivity contribution in [2.45, 2.75) is 32.0 Å². The molecule has 3 aromatic carbocycles. The van der Waals surface area contributed by atoms with E-state index in [1.807, 2.05) is 54.6 Å². The molecule has 0 radical (unpaired) electrons. The number of carbonyl (C=O) groups excluding carboxylic acids is 3. The van der Waals surface area contributed by atoms with E-state index in [9.17, 15) is 19.5 Å². The second-order valence-electron chi connectivity index (χ2n) is 8.28. The summed E-state index contributed by atoms with van der Waals surface area (Å²) in [7, 11) is 0. The lowest BCUT2D eigenvalue weighted by Gasteiger charge is -2.17. The highest BCUT2D eigenvalue weighted by atomic mass is 16.7. The molecule has 0 aliphatic carbocycles. The third-order valence-electron chi connectivity index (χ3n) is 5.46. The van der Waals surface area contributed by atoms with E-state index in [-0.39, 0.29) is 25.4 Å². The third-order valence-corrected chi connectivity index (χ3v) is 5.46. The lowest BCUT2D eigenvalue weighted by atomic mass is 10.0. The van der Waals surface area contributed by atoms with Crippen LogP contribution in [0.2, 0.25) is 0 Å². The van der Waals surface area contributed by atoms with Gasteiger partial charge in [-0.3, -0.25) is 0 Å². The number of rotatable bonds is 14. The second kappa shape index (κ2) is 14.8. The molecule has 1 N–H and O–H groups in total. The minimum absolute atomic E-state index is 0.0657. The summed E-state index contributed by atoms with van der Waals surface area (Å²) in [5.74, 6) is -0.486. The van der Waals surface area contributed by atoms with Gasteiger partial charge in [0.25, 0.3) is 0 Å². The molecule has 0 aliphatic heterocycles. The van der Waals surface area contributed by atoms with E-state index in [2.05, 4.69) is 6.58 Å². The zero-order valence-electron chi connectivity index (χ0n) is 20.9. The topological polar surface area (TPSA) is 108 Å². The standard InChI is InChI=1S/C30H30O8/c1-2-17-36-30(34)38-28(19-22-10-12-24(13-11-22)23-8-4-3-5-9-23)29(33)37-21-25-14-15-26(20-27(25)32)35-18-7-6-16-31/h2-5,8-16,20,28,32H,1,6-7,17-19,21H2. The maximum Gasteiger partial charge on any atom is 0.509 e. The Morgan fingerprint density at radius 3 is 2.37 bits per heavy atom. The lowest BCUT2D eigenvalue weighted by Crippen LogP contribution is -2.31. The maximum absolute atomic E-state index is 12.9. The van der Waals surface area contributed by atoms with Crippen LogP contribution < -0.4 is 4.74 Å². The monoisotopic (exact) mass is 518 g/mol. The van der Waals surface area contributed by atoms with E-state index in [1.165, 1.54) is 12.1 Å². The number of hydrogen-bond acceptors (Lipinski definition) is 8. The summed E-state index contributed by atoms with van der Waals surface area (Å²) in [5.41, 5.74) is 3.16. The number of phenols is 1. The average molecular weight is 519 g/mol. The van der Waals surface area contributed by atoms with Crippen LogP contribution in [0.25, 0.3) is 11.1 Å². The highest BCUT2D eigenvalue weighted by Crippen LogP contribution is 2.25. The van der Waals surface area contributed by atoms with E-state index < -0.39 is 18.2 Å². The molecule has 3 rings (SSSR count). The number of aromatic hydroxyl groups is 1. The number of carbonyl (C=O) groups is 3. The van der Waals surface area contributed by atoms with Crippen LogP contribution in [0.1, 0.15) is 24.0 Å².